The first kappa shape index (κ1) is 11.7. The second kappa shape index (κ2) is 6.19. The van der Waals surface area contributed by atoms with Gasteiger partial charge in [-0.25, -0.2) is 4.98 Å². The first-order valence-corrected chi connectivity index (χ1v) is 5.03. The minimum absolute atomic E-state index is 0.388. The average molecular weight is 211 g/mol. The maximum atomic E-state index is 5.33. The van der Waals surface area contributed by atoms with E-state index in [2.05, 4.69) is 15.3 Å². The molecule has 84 valence electrons. The van der Waals surface area contributed by atoms with Crippen LogP contribution in [0.4, 0.5) is 5.82 Å². The van der Waals surface area contributed by atoms with Crippen molar-refractivity contribution in [2.45, 2.75) is 20.5 Å². The van der Waals surface area contributed by atoms with Gasteiger partial charge in [0.25, 0.3) is 0 Å². The van der Waals surface area contributed by atoms with Gasteiger partial charge in [-0.2, -0.15) is 4.98 Å². The average Bonchev–Trinajstić information content (AvgIpc) is 2.19. The van der Waals surface area contributed by atoms with Crippen molar-refractivity contribution in [3.05, 3.63) is 11.9 Å². The Balaban J connectivity index is 2.86. The molecule has 5 nitrogen and oxygen atoms in total. The topological polar surface area (TPSA) is 56.3 Å². The summed E-state index contributed by atoms with van der Waals surface area (Å²) in [4.78, 5) is 8.46. The Kier molecular flexibility index (Phi) is 4.83. The van der Waals surface area contributed by atoms with E-state index in [-0.39, 0.29) is 0 Å². The number of hydrogen-bond donors (Lipinski definition) is 1. The van der Waals surface area contributed by atoms with Crippen LogP contribution in [-0.4, -0.2) is 30.2 Å². The molecule has 0 aliphatic heterocycles. The molecule has 0 saturated heterocycles. The molecule has 1 N–H and O–H groups in total. The van der Waals surface area contributed by atoms with Crippen LogP contribution in [0.15, 0.2) is 6.07 Å². The number of aromatic nitrogens is 2. The monoisotopic (exact) mass is 211 g/mol. The van der Waals surface area contributed by atoms with Crippen LogP contribution >= 0.6 is 0 Å². The molecule has 0 aromatic carbocycles. The van der Waals surface area contributed by atoms with Gasteiger partial charge in [-0.15, -0.1) is 0 Å². The summed E-state index contributed by atoms with van der Waals surface area (Å²) in [6, 6.07) is 1.78. The van der Waals surface area contributed by atoms with Gasteiger partial charge in [-0.3, -0.25) is 0 Å². The normalized spacial score (nSPS) is 10.1. The molecule has 0 fully saturated rings. The molecule has 5 heteroatoms. The lowest BCUT2D eigenvalue weighted by atomic mass is 10.5. The second-order valence-electron chi connectivity index (χ2n) is 2.90. The molecule has 0 aliphatic carbocycles. The molecule has 0 atom stereocenters. The summed E-state index contributed by atoms with van der Waals surface area (Å²) in [5, 5.41) is 3.12. The number of nitrogens with one attached hydrogen (secondary N) is 1. The zero-order chi connectivity index (χ0) is 11.1. The van der Waals surface area contributed by atoms with Crippen LogP contribution in [0.1, 0.15) is 19.7 Å². The van der Waals surface area contributed by atoms with Gasteiger partial charge < -0.3 is 14.8 Å². The highest BCUT2D eigenvalue weighted by molar-refractivity contribution is 5.38. The van der Waals surface area contributed by atoms with Gasteiger partial charge in [0.05, 0.1) is 6.61 Å². The van der Waals surface area contributed by atoms with E-state index in [0.29, 0.717) is 24.9 Å². The van der Waals surface area contributed by atoms with E-state index in [0.717, 1.165) is 12.4 Å². The first-order chi connectivity index (χ1) is 7.30. The Labute approximate surface area is 89.8 Å². The van der Waals surface area contributed by atoms with Gasteiger partial charge >= 0.3 is 0 Å². The van der Waals surface area contributed by atoms with Gasteiger partial charge in [-0.1, -0.05) is 0 Å². The Morgan fingerprint density at radius 2 is 2.13 bits per heavy atom. The molecular weight excluding hydrogens is 194 g/mol. The van der Waals surface area contributed by atoms with Gasteiger partial charge in [0, 0.05) is 19.7 Å². The fourth-order valence-electron chi connectivity index (χ4n) is 1.16. The third-order valence-electron chi connectivity index (χ3n) is 1.67. The van der Waals surface area contributed by atoms with Crippen molar-refractivity contribution in [2.75, 3.05) is 25.6 Å². The summed E-state index contributed by atoms with van der Waals surface area (Å²) in [6.07, 6.45) is 0. The molecule has 0 spiro atoms. The molecule has 0 unspecified atom stereocenters. The van der Waals surface area contributed by atoms with E-state index in [4.69, 9.17) is 9.47 Å². The van der Waals surface area contributed by atoms with Crippen LogP contribution in [0.3, 0.4) is 0 Å². The molecule has 0 aliphatic rings. The van der Waals surface area contributed by atoms with Gasteiger partial charge in [0.1, 0.15) is 12.4 Å². The summed E-state index contributed by atoms with van der Waals surface area (Å²) >= 11 is 0. The van der Waals surface area contributed by atoms with Crippen molar-refractivity contribution >= 4 is 5.82 Å². The first-order valence-electron chi connectivity index (χ1n) is 5.03. The van der Waals surface area contributed by atoms with E-state index in [1.807, 2.05) is 13.8 Å². The highest BCUT2D eigenvalue weighted by Crippen LogP contribution is 2.13. The largest absolute Gasteiger partial charge is 0.478 e. The molecule has 15 heavy (non-hydrogen) atoms. The van der Waals surface area contributed by atoms with Crippen LogP contribution < -0.4 is 10.1 Å². The van der Waals surface area contributed by atoms with Crippen molar-refractivity contribution in [3.8, 4) is 5.88 Å². The molecule has 0 saturated carbocycles. The van der Waals surface area contributed by atoms with Crippen molar-refractivity contribution in [2.24, 2.45) is 0 Å². The Bertz CT molecular complexity index is 245. The smallest absolute Gasteiger partial charge is 0.218 e. The van der Waals surface area contributed by atoms with E-state index < -0.39 is 0 Å². The zero-order valence-corrected chi connectivity index (χ0v) is 9.41. The minimum atomic E-state index is 0.388. The zero-order valence-electron chi connectivity index (χ0n) is 9.41. The Hall–Kier alpha value is -1.36. The summed E-state index contributed by atoms with van der Waals surface area (Å²) in [5.41, 5.74) is 0. The number of ether oxygens (including phenoxy) is 2. The molecule has 1 aromatic heterocycles. The number of hydrogen-bond acceptors (Lipinski definition) is 5. The predicted molar refractivity (Wildman–Crippen MR) is 58.1 cm³/mol. The van der Waals surface area contributed by atoms with E-state index in [9.17, 15) is 0 Å². The summed E-state index contributed by atoms with van der Waals surface area (Å²) in [7, 11) is 1.61. The van der Waals surface area contributed by atoms with Crippen LogP contribution in [0.25, 0.3) is 0 Å². The SMILES string of the molecule is CCNc1cc(OCC)nc(COC)n1. The number of anilines is 1. The van der Waals surface area contributed by atoms with Crippen molar-refractivity contribution in [3.63, 3.8) is 0 Å². The van der Waals surface area contributed by atoms with Crippen molar-refractivity contribution in [1.29, 1.82) is 0 Å². The Morgan fingerprint density at radius 3 is 2.73 bits per heavy atom. The summed E-state index contributed by atoms with van der Waals surface area (Å²) < 4.78 is 10.3. The third kappa shape index (κ3) is 3.71. The summed E-state index contributed by atoms with van der Waals surface area (Å²) in [5.74, 6) is 1.97. The number of nitrogens with zero attached hydrogens (tertiary/aromatic N) is 2. The van der Waals surface area contributed by atoms with Crippen LogP contribution in [0.2, 0.25) is 0 Å². The highest BCUT2D eigenvalue weighted by Gasteiger charge is 2.04. The lowest BCUT2D eigenvalue weighted by Crippen LogP contribution is -2.06. The van der Waals surface area contributed by atoms with Gasteiger partial charge in [0.2, 0.25) is 5.88 Å². The van der Waals surface area contributed by atoms with E-state index in [1.54, 1.807) is 13.2 Å². The molecular formula is C10H17N3O2. The number of methoxy groups -OCH3 is 1. The van der Waals surface area contributed by atoms with Crippen molar-refractivity contribution < 1.29 is 9.47 Å². The van der Waals surface area contributed by atoms with Crippen LogP contribution in [-0.2, 0) is 11.3 Å². The molecule has 0 radical (unpaired) electrons. The fraction of sp³-hybridized carbons (Fsp3) is 0.600. The van der Waals surface area contributed by atoms with E-state index in [1.165, 1.54) is 0 Å². The van der Waals surface area contributed by atoms with Crippen LogP contribution in [0, 0.1) is 0 Å². The highest BCUT2D eigenvalue weighted by atomic mass is 16.5. The molecule has 0 bridgehead atoms. The molecule has 1 heterocycles. The molecule has 0 amide bonds. The maximum Gasteiger partial charge on any atom is 0.218 e. The standard InChI is InChI=1S/C10H17N3O2/c1-4-11-8-6-10(15-5-2)13-9(12-8)7-14-3/h6H,4-5,7H2,1-3H3,(H,11,12,13). The van der Waals surface area contributed by atoms with Gasteiger partial charge in [0.15, 0.2) is 5.82 Å². The lowest BCUT2D eigenvalue weighted by molar-refractivity contribution is 0.176. The Morgan fingerprint density at radius 1 is 1.33 bits per heavy atom. The fourth-order valence-corrected chi connectivity index (χ4v) is 1.16. The maximum absolute atomic E-state index is 5.33. The molecule has 1 rings (SSSR count). The van der Waals surface area contributed by atoms with E-state index >= 15 is 0 Å². The second-order valence-corrected chi connectivity index (χ2v) is 2.90. The quantitative estimate of drug-likeness (QED) is 0.771. The van der Waals surface area contributed by atoms with Crippen molar-refractivity contribution in [1.82, 2.24) is 9.97 Å². The van der Waals surface area contributed by atoms with Crippen LogP contribution in [0.5, 0.6) is 5.88 Å². The molecule has 1 aromatic rings. The predicted octanol–water partition coefficient (Wildman–Crippen LogP) is 1.45. The summed E-state index contributed by atoms with van der Waals surface area (Å²) in [6.45, 7) is 5.73. The number of rotatable bonds is 6. The van der Waals surface area contributed by atoms with Gasteiger partial charge in [-0.05, 0) is 13.8 Å². The third-order valence-corrected chi connectivity index (χ3v) is 1.67. The minimum Gasteiger partial charge on any atom is -0.478 e. The lowest BCUT2D eigenvalue weighted by Gasteiger charge is -2.08.